The third-order valence-electron chi connectivity index (χ3n) is 2.80. The van der Waals surface area contributed by atoms with Gasteiger partial charge in [-0.25, -0.2) is 4.79 Å². The van der Waals surface area contributed by atoms with Crippen molar-refractivity contribution in [3.05, 3.63) is 22.7 Å². The highest BCUT2D eigenvalue weighted by Gasteiger charge is 2.32. The number of anilines is 1. The minimum absolute atomic E-state index is 0.0116. The van der Waals surface area contributed by atoms with Gasteiger partial charge in [-0.05, 0) is 31.0 Å². The van der Waals surface area contributed by atoms with E-state index in [4.69, 9.17) is 0 Å². The molecule has 1 aliphatic heterocycles. The molecule has 1 aliphatic rings. The molecule has 0 bridgehead atoms. The van der Waals surface area contributed by atoms with Crippen molar-refractivity contribution in [1.29, 1.82) is 0 Å². The lowest BCUT2D eigenvalue weighted by molar-refractivity contribution is -0.274. The summed E-state index contributed by atoms with van der Waals surface area (Å²) in [6.45, 7) is 1.22. The van der Waals surface area contributed by atoms with Gasteiger partial charge in [0.25, 0.3) is 0 Å². The van der Waals surface area contributed by atoms with Crippen molar-refractivity contribution in [2.24, 2.45) is 0 Å². The fourth-order valence-electron chi connectivity index (χ4n) is 1.92. The van der Waals surface area contributed by atoms with Gasteiger partial charge in [0.05, 0.1) is 5.69 Å². The molecule has 1 heterocycles. The summed E-state index contributed by atoms with van der Waals surface area (Å²) in [5.41, 5.74) is -0.0116. The molecule has 0 saturated carbocycles. The van der Waals surface area contributed by atoms with E-state index in [-0.39, 0.29) is 5.69 Å². The van der Waals surface area contributed by atoms with Crippen LogP contribution < -0.4 is 10.1 Å². The molecule has 1 saturated heterocycles. The minimum atomic E-state index is -4.81. The van der Waals surface area contributed by atoms with Crippen LogP contribution >= 0.6 is 15.9 Å². The molecule has 0 radical (unpaired) electrons. The van der Waals surface area contributed by atoms with Crippen molar-refractivity contribution in [2.75, 3.05) is 18.4 Å². The van der Waals surface area contributed by atoms with Crippen LogP contribution in [0.4, 0.5) is 23.7 Å². The van der Waals surface area contributed by atoms with E-state index < -0.39 is 18.1 Å². The number of amides is 2. The quantitative estimate of drug-likeness (QED) is 0.874. The van der Waals surface area contributed by atoms with Crippen molar-refractivity contribution in [1.82, 2.24) is 4.90 Å². The average molecular weight is 353 g/mol. The number of likely N-dealkylation sites (tertiary alicyclic amines) is 1. The monoisotopic (exact) mass is 352 g/mol. The van der Waals surface area contributed by atoms with Crippen molar-refractivity contribution < 1.29 is 22.7 Å². The maximum atomic E-state index is 12.3. The molecule has 2 rings (SSSR count). The zero-order valence-corrected chi connectivity index (χ0v) is 11.9. The standard InChI is InChI=1S/C12H12BrF3N2O2/c13-8-3-4-9(10(7-8)20-12(14,15)16)17-11(19)18-5-1-2-6-18/h3-4,7H,1-2,5-6H2,(H,17,19). The molecular formula is C12H12BrF3N2O2. The predicted octanol–water partition coefficient (Wildman–Crippen LogP) is 3.98. The number of benzene rings is 1. The minimum Gasteiger partial charge on any atom is -0.404 e. The first kappa shape index (κ1) is 15.0. The van der Waals surface area contributed by atoms with Gasteiger partial charge in [0, 0.05) is 17.6 Å². The van der Waals surface area contributed by atoms with Crippen LogP contribution in [0.15, 0.2) is 22.7 Å². The van der Waals surface area contributed by atoms with Gasteiger partial charge in [-0.15, -0.1) is 13.2 Å². The Balaban J connectivity index is 2.15. The van der Waals surface area contributed by atoms with Gasteiger partial charge >= 0.3 is 12.4 Å². The Labute approximate surface area is 122 Å². The van der Waals surface area contributed by atoms with Crippen LogP contribution in [0.1, 0.15) is 12.8 Å². The van der Waals surface area contributed by atoms with Gasteiger partial charge in [-0.2, -0.15) is 0 Å². The third kappa shape index (κ3) is 4.03. The Morgan fingerprint density at radius 1 is 1.30 bits per heavy atom. The van der Waals surface area contributed by atoms with Gasteiger partial charge in [-0.3, -0.25) is 0 Å². The lowest BCUT2D eigenvalue weighted by Crippen LogP contribution is -2.32. The van der Waals surface area contributed by atoms with Crippen molar-refractivity contribution in [2.45, 2.75) is 19.2 Å². The van der Waals surface area contributed by atoms with Crippen LogP contribution in [0.25, 0.3) is 0 Å². The number of alkyl halides is 3. The number of nitrogens with one attached hydrogen (secondary N) is 1. The summed E-state index contributed by atoms with van der Waals surface area (Å²) in [6, 6.07) is 3.63. The number of carbonyl (C=O) groups is 1. The second-order valence-electron chi connectivity index (χ2n) is 4.31. The highest BCUT2D eigenvalue weighted by Crippen LogP contribution is 2.33. The first-order valence-electron chi connectivity index (χ1n) is 5.96. The largest absolute Gasteiger partial charge is 0.573 e. The number of ether oxygens (including phenoxy) is 1. The second-order valence-corrected chi connectivity index (χ2v) is 5.23. The normalized spacial score (nSPS) is 15.3. The number of carbonyl (C=O) groups excluding carboxylic acids is 1. The van der Waals surface area contributed by atoms with E-state index in [1.165, 1.54) is 12.1 Å². The van der Waals surface area contributed by atoms with E-state index in [0.29, 0.717) is 17.6 Å². The Morgan fingerprint density at radius 3 is 2.55 bits per heavy atom. The number of urea groups is 1. The summed E-state index contributed by atoms with van der Waals surface area (Å²) in [5.74, 6) is -0.445. The second kappa shape index (κ2) is 5.90. The molecular weight excluding hydrogens is 341 g/mol. The Bertz CT molecular complexity index is 502. The Kier molecular flexibility index (Phi) is 4.42. The van der Waals surface area contributed by atoms with Crippen LogP contribution in [0.3, 0.4) is 0 Å². The number of nitrogens with zero attached hydrogens (tertiary/aromatic N) is 1. The molecule has 1 N–H and O–H groups in total. The number of halogens is 4. The fraction of sp³-hybridized carbons (Fsp3) is 0.417. The lowest BCUT2D eigenvalue weighted by Gasteiger charge is -2.18. The lowest BCUT2D eigenvalue weighted by atomic mass is 10.3. The van der Waals surface area contributed by atoms with Gasteiger partial charge in [0.15, 0.2) is 5.75 Å². The van der Waals surface area contributed by atoms with E-state index in [9.17, 15) is 18.0 Å². The molecule has 0 spiro atoms. The zero-order chi connectivity index (χ0) is 14.8. The van der Waals surface area contributed by atoms with Gasteiger partial charge < -0.3 is 15.0 Å². The van der Waals surface area contributed by atoms with E-state index in [0.717, 1.165) is 18.9 Å². The molecule has 0 aromatic heterocycles. The van der Waals surface area contributed by atoms with Crippen LogP contribution in [-0.4, -0.2) is 30.4 Å². The van der Waals surface area contributed by atoms with Gasteiger partial charge in [0.2, 0.25) is 0 Å². The van der Waals surface area contributed by atoms with E-state index >= 15 is 0 Å². The molecule has 8 heteroatoms. The van der Waals surface area contributed by atoms with E-state index in [1.54, 1.807) is 4.90 Å². The van der Waals surface area contributed by atoms with Crippen LogP contribution in [0.5, 0.6) is 5.75 Å². The summed E-state index contributed by atoms with van der Waals surface area (Å²) in [4.78, 5) is 13.4. The smallest absolute Gasteiger partial charge is 0.404 e. The average Bonchev–Trinajstić information content (AvgIpc) is 2.84. The molecule has 20 heavy (non-hydrogen) atoms. The molecule has 1 aromatic rings. The topological polar surface area (TPSA) is 41.6 Å². The summed E-state index contributed by atoms with van der Waals surface area (Å²) >= 11 is 3.07. The highest BCUT2D eigenvalue weighted by atomic mass is 79.9. The van der Waals surface area contributed by atoms with Crippen molar-refractivity contribution in [3.8, 4) is 5.75 Å². The summed E-state index contributed by atoms with van der Waals surface area (Å²) in [7, 11) is 0. The predicted molar refractivity (Wildman–Crippen MR) is 70.7 cm³/mol. The van der Waals surface area contributed by atoms with E-state index in [1.807, 2.05) is 0 Å². The number of hydrogen-bond donors (Lipinski definition) is 1. The van der Waals surface area contributed by atoms with Gasteiger partial charge in [-0.1, -0.05) is 15.9 Å². The molecule has 0 unspecified atom stereocenters. The molecule has 0 aliphatic carbocycles. The first-order valence-corrected chi connectivity index (χ1v) is 6.76. The summed E-state index contributed by atoms with van der Waals surface area (Å²) in [5, 5.41) is 2.44. The van der Waals surface area contributed by atoms with Crippen LogP contribution in [0, 0.1) is 0 Å². The molecule has 2 amide bonds. The number of hydrogen-bond acceptors (Lipinski definition) is 2. The SMILES string of the molecule is O=C(Nc1ccc(Br)cc1OC(F)(F)F)N1CCCC1. The zero-order valence-electron chi connectivity index (χ0n) is 10.3. The van der Waals surface area contributed by atoms with Crippen molar-refractivity contribution >= 4 is 27.6 Å². The molecule has 1 fully saturated rings. The Hall–Kier alpha value is -1.44. The fourth-order valence-corrected chi connectivity index (χ4v) is 2.26. The summed E-state index contributed by atoms with van der Waals surface area (Å²) in [6.07, 6.45) is -3.01. The third-order valence-corrected chi connectivity index (χ3v) is 3.30. The molecule has 0 atom stereocenters. The summed E-state index contributed by atoms with van der Waals surface area (Å²) < 4.78 is 41.3. The van der Waals surface area contributed by atoms with Crippen molar-refractivity contribution in [3.63, 3.8) is 0 Å². The van der Waals surface area contributed by atoms with Crippen LogP contribution in [0.2, 0.25) is 0 Å². The van der Waals surface area contributed by atoms with Crippen LogP contribution in [-0.2, 0) is 0 Å². The van der Waals surface area contributed by atoms with E-state index in [2.05, 4.69) is 26.0 Å². The maximum Gasteiger partial charge on any atom is 0.573 e. The highest BCUT2D eigenvalue weighted by molar-refractivity contribution is 9.10. The molecule has 110 valence electrons. The first-order chi connectivity index (χ1) is 9.35. The molecule has 1 aromatic carbocycles. The number of rotatable bonds is 2. The maximum absolute atomic E-state index is 12.3. The Morgan fingerprint density at radius 2 is 1.95 bits per heavy atom. The van der Waals surface area contributed by atoms with Gasteiger partial charge in [0.1, 0.15) is 0 Å². The molecule has 4 nitrogen and oxygen atoms in total.